The predicted molar refractivity (Wildman–Crippen MR) is 69.7 cm³/mol. The van der Waals surface area contributed by atoms with Crippen molar-refractivity contribution in [2.75, 3.05) is 24.6 Å². The second-order valence-corrected chi connectivity index (χ2v) is 4.86. The lowest BCUT2D eigenvalue weighted by Gasteiger charge is -2.33. The van der Waals surface area contributed by atoms with Crippen molar-refractivity contribution in [3.63, 3.8) is 0 Å². The Morgan fingerprint density at radius 1 is 1.53 bits per heavy atom. The van der Waals surface area contributed by atoms with Crippen LogP contribution in [0.5, 0.6) is 0 Å². The molecule has 0 aliphatic carbocycles. The molecule has 1 N–H and O–H groups in total. The molecule has 5 nitrogen and oxygen atoms in total. The number of piperidine rings is 1. The van der Waals surface area contributed by atoms with Crippen molar-refractivity contribution in [3.05, 3.63) is 34.1 Å². The van der Waals surface area contributed by atoms with E-state index in [4.69, 9.17) is 5.11 Å². The highest BCUT2D eigenvalue weighted by molar-refractivity contribution is 5.63. The van der Waals surface area contributed by atoms with E-state index in [0.717, 1.165) is 25.5 Å². The Kier molecular flexibility index (Phi) is 4.31. The minimum atomic E-state index is -0.598. The minimum Gasteiger partial charge on any atom is -0.396 e. The maximum absolute atomic E-state index is 13.1. The summed E-state index contributed by atoms with van der Waals surface area (Å²) < 4.78 is 13.1. The van der Waals surface area contributed by atoms with Crippen molar-refractivity contribution in [2.45, 2.75) is 19.3 Å². The summed E-state index contributed by atoms with van der Waals surface area (Å²) in [6.45, 7) is 1.53. The fraction of sp³-hybridized carbons (Fsp3) is 0.538. The minimum absolute atomic E-state index is 0.129. The first-order valence-corrected chi connectivity index (χ1v) is 6.41. The number of anilines is 1. The van der Waals surface area contributed by atoms with E-state index in [2.05, 4.69) is 0 Å². The van der Waals surface area contributed by atoms with Gasteiger partial charge in [0.25, 0.3) is 5.69 Å². The Balaban J connectivity index is 2.23. The summed E-state index contributed by atoms with van der Waals surface area (Å²) in [7, 11) is 0. The molecule has 2 rings (SSSR count). The second kappa shape index (κ2) is 5.97. The van der Waals surface area contributed by atoms with Gasteiger partial charge in [-0.25, -0.2) is 4.39 Å². The normalized spacial score (nSPS) is 19.5. The van der Waals surface area contributed by atoms with Crippen LogP contribution in [0.4, 0.5) is 15.8 Å². The van der Waals surface area contributed by atoms with E-state index in [0.29, 0.717) is 24.6 Å². The molecular weight excluding hydrogens is 251 g/mol. The molecule has 0 aromatic heterocycles. The van der Waals surface area contributed by atoms with Crippen LogP contribution < -0.4 is 4.90 Å². The third-order valence-corrected chi connectivity index (χ3v) is 3.53. The fourth-order valence-corrected chi connectivity index (χ4v) is 2.61. The first-order valence-electron chi connectivity index (χ1n) is 6.41. The molecule has 1 fully saturated rings. The molecule has 0 spiro atoms. The molecule has 1 heterocycles. The maximum atomic E-state index is 13.1. The smallest absolute Gasteiger partial charge is 0.295 e. The van der Waals surface area contributed by atoms with Crippen molar-refractivity contribution in [3.8, 4) is 0 Å². The average Bonchev–Trinajstić information content (AvgIpc) is 2.39. The number of aliphatic hydroxyl groups excluding tert-OH is 1. The monoisotopic (exact) mass is 268 g/mol. The summed E-state index contributed by atoms with van der Waals surface area (Å²) in [5.74, 6) is -0.261. The summed E-state index contributed by atoms with van der Waals surface area (Å²) in [5.41, 5.74) is 0.277. The van der Waals surface area contributed by atoms with E-state index in [1.54, 1.807) is 0 Å². The number of benzene rings is 1. The molecule has 0 radical (unpaired) electrons. The lowest BCUT2D eigenvalue weighted by atomic mass is 9.94. The summed E-state index contributed by atoms with van der Waals surface area (Å²) in [5, 5.41) is 20.0. The van der Waals surface area contributed by atoms with Gasteiger partial charge in [0, 0.05) is 19.7 Å². The third kappa shape index (κ3) is 3.20. The van der Waals surface area contributed by atoms with Gasteiger partial charge >= 0.3 is 0 Å². The van der Waals surface area contributed by atoms with Gasteiger partial charge in [-0.05, 0) is 37.3 Å². The molecule has 6 heteroatoms. The van der Waals surface area contributed by atoms with Gasteiger partial charge in [-0.2, -0.15) is 0 Å². The third-order valence-electron chi connectivity index (χ3n) is 3.53. The van der Waals surface area contributed by atoms with Crippen LogP contribution in [-0.4, -0.2) is 29.7 Å². The quantitative estimate of drug-likeness (QED) is 0.672. The summed E-state index contributed by atoms with van der Waals surface area (Å²) >= 11 is 0. The summed E-state index contributed by atoms with van der Waals surface area (Å²) in [6.07, 6.45) is 2.65. The number of halogens is 1. The van der Waals surface area contributed by atoms with E-state index >= 15 is 0 Å². The predicted octanol–water partition coefficient (Wildman–Crippen LogP) is 2.33. The standard InChI is InChI=1S/C13H17FN2O3/c14-11-3-4-12(13(8-11)16(18)19)15-6-1-2-10(9-15)5-7-17/h3-4,8,10,17H,1-2,5-7,9H2. The van der Waals surface area contributed by atoms with Crippen LogP contribution >= 0.6 is 0 Å². The lowest BCUT2D eigenvalue weighted by molar-refractivity contribution is -0.384. The molecule has 1 aliphatic rings. The van der Waals surface area contributed by atoms with Crippen LogP contribution in [0.3, 0.4) is 0 Å². The number of rotatable bonds is 4. The number of hydrogen-bond acceptors (Lipinski definition) is 4. The maximum Gasteiger partial charge on any atom is 0.295 e. The number of hydrogen-bond donors (Lipinski definition) is 1. The Labute approximate surface area is 110 Å². The molecule has 0 saturated carbocycles. The first-order chi connectivity index (χ1) is 9.11. The van der Waals surface area contributed by atoms with Crippen LogP contribution in [0.1, 0.15) is 19.3 Å². The van der Waals surface area contributed by atoms with E-state index in [1.165, 1.54) is 12.1 Å². The van der Waals surface area contributed by atoms with Crippen LogP contribution in [-0.2, 0) is 0 Å². The van der Waals surface area contributed by atoms with E-state index in [9.17, 15) is 14.5 Å². The summed E-state index contributed by atoms with van der Waals surface area (Å²) in [4.78, 5) is 12.4. The van der Waals surface area contributed by atoms with Gasteiger partial charge in [-0.3, -0.25) is 10.1 Å². The van der Waals surface area contributed by atoms with Gasteiger partial charge in [0.05, 0.1) is 11.0 Å². The molecule has 1 aromatic rings. The lowest BCUT2D eigenvalue weighted by Crippen LogP contribution is -2.36. The zero-order valence-corrected chi connectivity index (χ0v) is 10.6. The Morgan fingerprint density at radius 2 is 2.32 bits per heavy atom. The molecule has 1 unspecified atom stereocenters. The number of nitro benzene ring substituents is 1. The van der Waals surface area contributed by atoms with E-state index in [-0.39, 0.29) is 12.3 Å². The zero-order valence-electron chi connectivity index (χ0n) is 10.6. The highest BCUT2D eigenvalue weighted by atomic mass is 19.1. The van der Waals surface area contributed by atoms with Crippen molar-refractivity contribution >= 4 is 11.4 Å². The highest BCUT2D eigenvalue weighted by Gasteiger charge is 2.25. The van der Waals surface area contributed by atoms with Gasteiger partial charge in [-0.1, -0.05) is 0 Å². The van der Waals surface area contributed by atoms with Crippen LogP contribution in [0.15, 0.2) is 18.2 Å². The molecule has 1 aliphatic heterocycles. The Morgan fingerprint density at radius 3 is 3.00 bits per heavy atom. The van der Waals surface area contributed by atoms with Gasteiger partial charge in [0.15, 0.2) is 0 Å². The van der Waals surface area contributed by atoms with Crippen molar-refractivity contribution in [1.29, 1.82) is 0 Å². The SMILES string of the molecule is O=[N+]([O-])c1cc(F)ccc1N1CCCC(CCO)C1. The van der Waals surface area contributed by atoms with Gasteiger partial charge in [0.2, 0.25) is 0 Å². The first kappa shape index (κ1) is 13.7. The number of nitrogens with zero attached hydrogens (tertiary/aromatic N) is 2. The number of nitro groups is 1. The van der Waals surface area contributed by atoms with E-state index in [1.807, 2.05) is 4.90 Å². The molecule has 1 saturated heterocycles. The van der Waals surface area contributed by atoms with Crippen LogP contribution in [0, 0.1) is 21.8 Å². The largest absolute Gasteiger partial charge is 0.396 e. The van der Waals surface area contributed by atoms with E-state index < -0.39 is 10.7 Å². The Bertz CT molecular complexity index is 465. The van der Waals surface area contributed by atoms with Crippen molar-refractivity contribution in [1.82, 2.24) is 0 Å². The Hall–Kier alpha value is -1.69. The highest BCUT2D eigenvalue weighted by Crippen LogP contribution is 2.32. The van der Waals surface area contributed by atoms with Crippen molar-refractivity contribution in [2.24, 2.45) is 5.92 Å². The molecule has 1 aromatic carbocycles. The molecule has 0 amide bonds. The molecule has 0 bridgehead atoms. The molecular formula is C13H17FN2O3. The zero-order chi connectivity index (χ0) is 13.8. The molecule has 104 valence electrons. The molecule has 19 heavy (non-hydrogen) atoms. The van der Waals surface area contributed by atoms with Crippen molar-refractivity contribution < 1.29 is 14.4 Å². The molecule has 1 atom stereocenters. The van der Waals surface area contributed by atoms with Gasteiger partial charge in [0.1, 0.15) is 11.5 Å². The topological polar surface area (TPSA) is 66.6 Å². The average molecular weight is 268 g/mol. The van der Waals surface area contributed by atoms with Crippen LogP contribution in [0.25, 0.3) is 0 Å². The second-order valence-electron chi connectivity index (χ2n) is 4.86. The number of aliphatic hydroxyl groups is 1. The summed E-state index contributed by atoms with van der Waals surface area (Å²) in [6, 6.07) is 3.68. The fourth-order valence-electron chi connectivity index (χ4n) is 2.61. The van der Waals surface area contributed by atoms with Gasteiger partial charge in [-0.15, -0.1) is 0 Å². The van der Waals surface area contributed by atoms with Gasteiger partial charge < -0.3 is 10.0 Å². The van der Waals surface area contributed by atoms with Crippen LogP contribution in [0.2, 0.25) is 0 Å².